The zero-order valence-electron chi connectivity index (χ0n) is 13.0. The molecule has 0 fully saturated rings. The van der Waals surface area contributed by atoms with Crippen molar-refractivity contribution in [3.63, 3.8) is 0 Å². The summed E-state index contributed by atoms with van der Waals surface area (Å²) in [4.78, 5) is 0. The molecule has 2 N–H and O–H groups in total. The molecule has 0 aromatic rings. The van der Waals surface area contributed by atoms with E-state index in [0.717, 1.165) is 12.8 Å². The fourth-order valence-electron chi connectivity index (χ4n) is 1.75. The van der Waals surface area contributed by atoms with Gasteiger partial charge in [0.25, 0.3) is 0 Å². The summed E-state index contributed by atoms with van der Waals surface area (Å²) in [5, 5.41) is 7.57. The minimum atomic E-state index is -4.23. The summed E-state index contributed by atoms with van der Waals surface area (Å²) in [6.45, 7) is 4.24. The molecular formula is C14H34MgO5S. The highest BCUT2D eigenvalue weighted by atomic mass is 32.3. The number of hydrogen-bond donors (Lipinski definition) is 2. The van der Waals surface area contributed by atoms with Crippen molar-refractivity contribution in [3.8, 4) is 0 Å². The van der Waals surface area contributed by atoms with E-state index in [9.17, 15) is 8.42 Å². The van der Waals surface area contributed by atoms with E-state index in [-0.39, 0.29) is 36.3 Å². The first-order valence-corrected chi connectivity index (χ1v) is 9.07. The van der Waals surface area contributed by atoms with Crippen LogP contribution in [-0.2, 0) is 14.6 Å². The van der Waals surface area contributed by atoms with Crippen LogP contribution in [0.3, 0.4) is 0 Å². The van der Waals surface area contributed by atoms with Gasteiger partial charge < -0.3 is 5.11 Å². The first-order valence-electron chi connectivity index (χ1n) is 7.70. The van der Waals surface area contributed by atoms with E-state index in [1.807, 2.05) is 0 Å². The van der Waals surface area contributed by atoms with Gasteiger partial charge in [-0.05, 0) is 13.3 Å². The molecule has 0 unspecified atom stereocenters. The summed E-state index contributed by atoms with van der Waals surface area (Å²) in [6.07, 6.45) is 11.9. The maximum atomic E-state index is 10.2. The number of aliphatic hydroxyl groups excluding tert-OH is 1. The van der Waals surface area contributed by atoms with Crippen LogP contribution < -0.4 is 0 Å². The molecular weight excluding hydrogens is 305 g/mol. The molecule has 0 aromatic carbocycles. The van der Waals surface area contributed by atoms with Gasteiger partial charge in [0, 0.05) is 6.61 Å². The van der Waals surface area contributed by atoms with Crippen LogP contribution in [0.15, 0.2) is 0 Å². The average molecular weight is 339 g/mol. The highest BCUT2D eigenvalue weighted by Gasteiger charge is 2.02. The van der Waals surface area contributed by atoms with Crippen molar-refractivity contribution in [1.82, 2.24) is 0 Å². The molecule has 0 aliphatic rings. The van der Waals surface area contributed by atoms with E-state index >= 15 is 0 Å². The smallest absolute Gasteiger partial charge is 0.397 e. The zero-order chi connectivity index (χ0) is 15.7. The molecule has 0 spiro atoms. The molecule has 0 aromatic heterocycles. The summed E-state index contributed by atoms with van der Waals surface area (Å²) >= 11 is 0. The summed E-state index contributed by atoms with van der Waals surface area (Å²) in [7, 11) is -4.23. The molecule has 0 saturated heterocycles. The van der Waals surface area contributed by atoms with Crippen molar-refractivity contribution >= 4 is 33.5 Å². The molecule has 5 nitrogen and oxygen atoms in total. The third-order valence-electron chi connectivity index (χ3n) is 2.73. The lowest BCUT2D eigenvalue weighted by atomic mass is 10.1. The number of unbranched alkanes of at least 4 members (excludes halogenated alkanes) is 9. The Balaban J connectivity index is -0.000000740. The van der Waals surface area contributed by atoms with Gasteiger partial charge in [-0.3, -0.25) is 4.55 Å². The number of rotatable bonds is 12. The van der Waals surface area contributed by atoms with Crippen molar-refractivity contribution in [2.45, 2.75) is 78.1 Å². The molecule has 21 heavy (non-hydrogen) atoms. The molecule has 0 rings (SSSR count). The van der Waals surface area contributed by atoms with Gasteiger partial charge in [-0.15, -0.1) is 0 Å². The van der Waals surface area contributed by atoms with Gasteiger partial charge >= 0.3 is 33.5 Å². The van der Waals surface area contributed by atoms with E-state index < -0.39 is 10.4 Å². The van der Waals surface area contributed by atoms with Crippen LogP contribution in [-0.4, -0.2) is 54.3 Å². The Bertz CT molecular complexity index is 271. The normalized spacial score (nSPS) is 10.5. The Morgan fingerprint density at radius 2 is 1.14 bits per heavy atom. The van der Waals surface area contributed by atoms with Gasteiger partial charge in [-0.25, -0.2) is 4.18 Å². The average Bonchev–Trinajstić information content (AvgIpc) is 2.35. The third kappa shape index (κ3) is 33.4. The van der Waals surface area contributed by atoms with Gasteiger partial charge in [-0.1, -0.05) is 64.7 Å². The lowest BCUT2D eigenvalue weighted by Crippen LogP contribution is -2.04. The fourth-order valence-corrected chi connectivity index (χ4v) is 2.08. The van der Waals surface area contributed by atoms with Crippen LogP contribution in [0.5, 0.6) is 0 Å². The highest BCUT2D eigenvalue weighted by molar-refractivity contribution is 7.80. The molecule has 0 bridgehead atoms. The summed E-state index contributed by atoms with van der Waals surface area (Å²) in [5.41, 5.74) is 0. The minimum Gasteiger partial charge on any atom is -0.397 e. The standard InChI is InChI=1S/C12H26O4S.C2H6O.Mg.2H/c1-2-3-4-5-6-7-8-9-10-11-12-16-17(13,14)15;1-2-3;;;/h2-12H2,1H3,(H,13,14,15);3H,2H2,1H3;;;. The maximum absolute atomic E-state index is 10.2. The second kappa shape index (κ2) is 20.6. The minimum absolute atomic E-state index is 0. The van der Waals surface area contributed by atoms with Crippen LogP contribution in [0.25, 0.3) is 0 Å². The molecule has 0 radical (unpaired) electrons. The molecule has 7 heteroatoms. The van der Waals surface area contributed by atoms with Gasteiger partial charge in [0.15, 0.2) is 0 Å². The molecule has 0 atom stereocenters. The molecule has 0 saturated carbocycles. The first-order chi connectivity index (χ1) is 9.47. The van der Waals surface area contributed by atoms with Crippen molar-refractivity contribution in [2.24, 2.45) is 0 Å². The Hall–Kier alpha value is 0.596. The van der Waals surface area contributed by atoms with E-state index in [0.29, 0.717) is 6.42 Å². The van der Waals surface area contributed by atoms with E-state index in [1.54, 1.807) is 6.92 Å². The van der Waals surface area contributed by atoms with Gasteiger partial charge in [-0.2, -0.15) is 8.42 Å². The lowest BCUT2D eigenvalue weighted by molar-refractivity contribution is 0.261. The molecule has 0 heterocycles. The Morgan fingerprint density at radius 3 is 1.48 bits per heavy atom. The Morgan fingerprint density at radius 1 is 0.810 bits per heavy atom. The maximum Gasteiger partial charge on any atom is 0.397 e. The van der Waals surface area contributed by atoms with Crippen LogP contribution in [0.4, 0.5) is 0 Å². The lowest BCUT2D eigenvalue weighted by Gasteiger charge is -2.02. The second-order valence-electron chi connectivity index (χ2n) is 4.75. The predicted octanol–water partition coefficient (Wildman–Crippen LogP) is 2.81. The SMILES string of the molecule is CCCCCCCCCCCCOS(=O)(=O)O.CCO.[MgH2]. The quantitative estimate of drug-likeness (QED) is 0.325. The van der Waals surface area contributed by atoms with Crippen LogP contribution in [0.1, 0.15) is 78.1 Å². The van der Waals surface area contributed by atoms with Crippen LogP contribution >= 0.6 is 0 Å². The van der Waals surface area contributed by atoms with Gasteiger partial charge in [0.2, 0.25) is 0 Å². The second-order valence-corrected chi connectivity index (χ2v) is 5.84. The van der Waals surface area contributed by atoms with Crippen molar-refractivity contribution in [1.29, 1.82) is 0 Å². The topological polar surface area (TPSA) is 83.8 Å². The van der Waals surface area contributed by atoms with Crippen molar-refractivity contribution in [2.75, 3.05) is 13.2 Å². The molecule has 128 valence electrons. The first kappa shape index (κ1) is 26.5. The zero-order valence-corrected chi connectivity index (χ0v) is 13.8. The number of hydrogen-bond acceptors (Lipinski definition) is 4. The molecule has 0 aliphatic heterocycles. The third-order valence-corrected chi connectivity index (χ3v) is 3.19. The summed E-state index contributed by atoms with van der Waals surface area (Å²) in [5.74, 6) is 0. The largest absolute Gasteiger partial charge is 0.397 e. The van der Waals surface area contributed by atoms with Gasteiger partial charge in [0.1, 0.15) is 0 Å². The van der Waals surface area contributed by atoms with Crippen LogP contribution in [0, 0.1) is 0 Å². The molecule has 0 amide bonds. The Kier molecular flexibility index (Phi) is 26.0. The van der Waals surface area contributed by atoms with E-state index in [1.165, 1.54) is 44.9 Å². The highest BCUT2D eigenvalue weighted by Crippen LogP contribution is 2.10. The Labute approximate surface area is 147 Å². The van der Waals surface area contributed by atoms with Crippen LogP contribution in [0.2, 0.25) is 0 Å². The summed E-state index contributed by atoms with van der Waals surface area (Å²) < 4.78 is 33.0. The van der Waals surface area contributed by atoms with Gasteiger partial charge in [0.05, 0.1) is 6.61 Å². The number of aliphatic hydroxyl groups is 1. The fraction of sp³-hybridized carbons (Fsp3) is 1.00. The van der Waals surface area contributed by atoms with Crippen molar-refractivity contribution < 1.29 is 22.3 Å². The van der Waals surface area contributed by atoms with E-state index in [4.69, 9.17) is 9.66 Å². The van der Waals surface area contributed by atoms with E-state index in [2.05, 4.69) is 11.1 Å². The predicted molar refractivity (Wildman–Crippen MR) is 90.6 cm³/mol. The molecule has 0 aliphatic carbocycles. The van der Waals surface area contributed by atoms with Crippen molar-refractivity contribution in [3.05, 3.63) is 0 Å². The summed E-state index contributed by atoms with van der Waals surface area (Å²) in [6, 6.07) is 0. The monoisotopic (exact) mass is 338 g/mol.